The molecule has 0 bridgehead atoms. The number of nitrogens with one attached hydrogen (secondary N) is 2. The molecule has 1 aliphatic carbocycles. The number of hydrogen-bond donors (Lipinski definition) is 4. The van der Waals surface area contributed by atoms with Gasteiger partial charge in [-0.1, -0.05) is 66.5 Å². The Morgan fingerprint density at radius 3 is 1.33 bits per heavy atom. The molecule has 0 saturated heterocycles. The third kappa shape index (κ3) is 14.4. The second kappa shape index (κ2) is 21.7. The fourth-order valence-electron chi connectivity index (χ4n) is 6.36. The van der Waals surface area contributed by atoms with Crippen LogP contribution in [-0.2, 0) is 10.8 Å². The fourth-order valence-corrected chi connectivity index (χ4v) is 6.60. The van der Waals surface area contributed by atoms with E-state index in [-0.39, 0.29) is 48.8 Å². The van der Waals surface area contributed by atoms with Crippen LogP contribution in [0.15, 0.2) is 82.8 Å². The van der Waals surface area contributed by atoms with Gasteiger partial charge in [-0.3, -0.25) is 9.98 Å². The van der Waals surface area contributed by atoms with E-state index in [1.54, 1.807) is 0 Å². The molecule has 0 heterocycles. The van der Waals surface area contributed by atoms with Crippen LogP contribution in [-0.4, -0.2) is 78.9 Å². The Morgan fingerprint density at radius 2 is 1.02 bits per heavy atom. The van der Waals surface area contributed by atoms with Crippen LogP contribution < -0.4 is 20.1 Å². The van der Waals surface area contributed by atoms with Gasteiger partial charge in [0.25, 0.3) is 0 Å². The molecule has 5 rings (SSSR count). The van der Waals surface area contributed by atoms with Crippen LogP contribution in [0.25, 0.3) is 0 Å². The average molecular weight is 897 g/mol. The molecule has 0 aliphatic heterocycles. The molecule has 0 spiro atoms. The molecule has 306 valence electrons. The van der Waals surface area contributed by atoms with E-state index in [0.717, 1.165) is 70.8 Å². The van der Waals surface area contributed by atoms with Crippen LogP contribution >= 0.6 is 12.2 Å². The molecule has 1 saturated carbocycles. The molecule has 8 nitrogen and oxygen atoms in total. The van der Waals surface area contributed by atoms with E-state index >= 15 is 0 Å². The first-order valence-corrected chi connectivity index (χ1v) is 20.2. The van der Waals surface area contributed by atoms with Crippen LogP contribution in [0.4, 0.5) is 11.4 Å². The first kappa shape index (κ1) is 47.4. The van der Waals surface area contributed by atoms with Crippen molar-refractivity contribution in [2.75, 3.05) is 23.8 Å². The predicted molar refractivity (Wildman–Crippen MR) is 249 cm³/mol. The van der Waals surface area contributed by atoms with E-state index in [9.17, 15) is 10.2 Å². The molecule has 4 aromatic carbocycles. The molecule has 57 heavy (non-hydrogen) atoms. The summed E-state index contributed by atoms with van der Waals surface area (Å²) in [4.78, 5) is 9.82. The Bertz CT molecular complexity index is 1830. The van der Waals surface area contributed by atoms with Crippen molar-refractivity contribution in [2.24, 2.45) is 9.98 Å². The minimum absolute atomic E-state index is 0. The van der Waals surface area contributed by atoms with Crippen LogP contribution in [0.3, 0.4) is 0 Å². The van der Waals surface area contributed by atoms with Gasteiger partial charge in [-0.05, 0) is 147 Å². The molecular formula is C47H65InN4O4S. The van der Waals surface area contributed by atoms with Gasteiger partial charge >= 0.3 is 25.8 Å². The van der Waals surface area contributed by atoms with Crippen LogP contribution in [0.2, 0.25) is 0 Å². The quantitative estimate of drug-likeness (QED) is 0.0928. The van der Waals surface area contributed by atoms with E-state index in [1.165, 1.54) is 11.1 Å². The second-order valence-electron chi connectivity index (χ2n) is 16.4. The van der Waals surface area contributed by atoms with Crippen molar-refractivity contribution in [2.45, 2.75) is 118 Å². The SMILES string of the molecule is CCOc1ccc(NC(=S)Nc2ccc(OCC)cc2)cc1.Cc1cc(C(C)(C)C)cc(/C=N/[C@@H]2CCCC[C@H]2/N=C/c2cc(C(C)(C)C)cc(C)c2O)c1O.[InH3]. The number of phenolic OH excluding ortho intramolecular Hbond substituents is 2. The molecule has 1 aliphatic rings. The molecule has 0 amide bonds. The molecule has 4 aromatic rings. The van der Waals surface area contributed by atoms with Gasteiger partial charge in [0.05, 0.1) is 25.3 Å². The number of rotatable bonds is 10. The Labute approximate surface area is 365 Å². The van der Waals surface area contributed by atoms with Crippen molar-refractivity contribution in [1.82, 2.24) is 0 Å². The molecule has 2 atom stereocenters. The van der Waals surface area contributed by atoms with Gasteiger partial charge in [0.1, 0.15) is 23.0 Å². The topological polar surface area (TPSA) is 108 Å². The summed E-state index contributed by atoms with van der Waals surface area (Å²) in [6, 6.07) is 23.7. The van der Waals surface area contributed by atoms with Crippen molar-refractivity contribution in [3.8, 4) is 23.0 Å². The Kier molecular flexibility index (Phi) is 18.0. The summed E-state index contributed by atoms with van der Waals surface area (Å²) in [6.45, 7) is 22.2. The van der Waals surface area contributed by atoms with Crippen molar-refractivity contribution in [3.63, 3.8) is 0 Å². The fraction of sp³-hybridized carbons (Fsp3) is 0.426. The zero-order valence-corrected chi connectivity index (χ0v) is 35.8. The first-order valence-electron chi connectivity index (χ1n) is 19.8. The van der Waals surface area contributed by atoms with Gasteiger partial charge < -0.3 is 30.3 Å². The summed E-state index contributed by atoms with van der Waals surface area (Å²) in [7, 11) is 0. The Morgan fingerprint density at radius 1 is 0.667 bits per heavy atom. The number of aliphatic imine (C=N–C) groups is 2. The average Bonchev–Trinajstić information content (AvgIpc) is 3.14. The minimum atomic E-state index is 0. The summed E-state index contributed by atoms with van der Waals surface area (Å²) in [5, 5.41) is 28.1. The monoisotopic (exact) mass is 896 g/mol. The number of phenols is 2. The molecule has 0 aromatic heterocycles. The Balaban J connectivity index is 0.000000328. The maximum atomic E-state index is 10.6. The summed E-state index contributed by atoms with van der Waals surface area (Å²) >= 11 is 5.30. The van der Waals surface area contributed by atoms with Crippen molar-refractivity contribution in [1.29, 1.82) is 0 Å². The number of thiocarbonyl (C=S) groups is 1. The van der Waals surface area contributed by atoms with Crippen molar-refractivity contribution < 1.29 is 19.7 Å². The number of aromatic hydroxyl groups is 2. The van der Waals surface area contributed by atoms with E-state index < -0.39 is 0 Å². The van der Waals surface area contributed by atoms with Crippen LogP contribution in [0.1, 0.15) is 114 Å². The standard InChI is InChI=1S/C30H42N2O2.C17H20N2O2S.In.3H/c1-19-13-23(29(3,4)5)15-21(27(19)33)17-31-25-11-9-10-12-26(25)32-18-22-16-24(30(6,7)8)14-20(2)28(22)34;1-3-20-15-9-5-13(6-10-15)18-17(22)19-14-7-11-16(12-8-14)21-4-2;;;;/h13-18,25-26,33-34H,9-12H2,1-8H3;5-12H,3-4H2,1-2H3,(H2,18,19,22);;;;/b31-17+,32-18+;;;;;/t25-,26-;;;;;/m1...../s1. The van der Waals surface area contributed by atoms with Gasteiger partial charge in [0, 0.05) is 34.9 Å². The number of benzene rings is 4. The normalized spacial score (nSPS) is 15.7. The summed E-state index contributed by atoms with van der Waals surface area (Å²) < 4.78 is 10.8. The number of anilines is 2. The third-order valence-corrected chi connectivity index (χ3v) is 9.95. The summed E-state index contributed by atoms with van der Waals surface area (Å²) in [5.74, 6) is 2.29. The molecular weight excluding hydrogens is 831 g/mol. The first-order chi connectivity index (χ1) is 26.5. The van der Waals surface area contributed by atoms with Gasteiger partial charge in [-0.15, -0.1) is 0 Å². The number of ether oxygens (including phenoxy) is 2. The number of hydrogen-bond acceptors (Lipinski definition) is 7. The molecule has 0 unspecified atom stereocenters. The van der Waals surface area contributed by atoms with Gasteiger partial charge in [0.15, 0.2) is 5.11 Å². The number of aryl methyl sites for hydroxylation is 2. The summed E-state index contributed by atoms with van der Waals surface area (Å²) in [6.07, 6.45) is 7.88. The molecule has 4 N–H and O–H groups in total. The van der Waals surface area contributed by atoms with Crippen LogP contribution in [0, 0.1) is 13.8 Å². The van der Waals surface area contributed by atoms with Crippen molar-refractivity contribution >= 4 is 67.0 Å². The maximum absolute atomic E-state index is 10.6. The van der Waals surface area contributed by atoms with E-state index in [0.29, 0.717) is 29.8 Å². The molecule has 10 heteroatoms. The second-order valence-corrected chi connectivity index (χ2v) is 16.8. The van der Waals surface area contributed by atoms with Gasteiger partial charge in [-0.25, -0.2) is 0 Å². The van der Waals surface area contributed by atoms with E-state index in [1.807, 2.05) is 101 Å². The zero-order chi connectivity index (χ0) is 41.0. The van der Waals surface area contributed by atoms with E-state index in [2.05, 4.69) is 64.3 Å². The van der Waals surface area contributed by atoms with Crippen molar-refractivity contribution in [3.05, 3.63) is 106 Å². The van der Waals surface area contributed by atoms with Gasteiger partial charge in [0.2, 0.25) is 0 Å². The van der Waals surface area contributed by atoms with E-state index in [4.69, 9.17) is 31.7 Å². The molecule has 1 fully saturated rings. The summed E-state index contributed by atoms with van der Waals surface area (Å²) in [5.41, 5.74) is 7.47. The Hall–Kier alpha value is -4.02. The van der Waals surface area contributed by atoms with Gasteiger partial charge in [-0.2, -0.15) is 0 Å². The van der Waals surface area contributed by atoms with Crippen LogP contribution in [0.5, 0.6) is 23.0 Å². The number of nitrogens with zero attached hydrogens (tertiary/aromatic N) is 2. The molecule has 0 radical (unpaired) electrons. The zero-order valence-electron chi connectivity index (χ0n) is 35.0. The third-order valence-electron chi connectivity index (χ3n) is 9.74. The predicted octanol–water partition coefficient (Wildman–Crippen LogP) is 10.3.